The van der Waals surface area contributed by atoms with Crippen LogP contribution < -0.4 is 5.56 Å². The van der Waals surface area contributed by atoms with Gasteiger partial charge in [-0.1, -0.05) is 23.9 Å². The van der Waals surface area contributed by atoms with E-state index >= 15 is 0 Å². The van der Waals surface area contributed by atoms with Gasteiger partial charge in [0.25, 0.3) is 5.56 Å². The molecule has 1 aliphatic heterocycles. The summed E-state index contributed by atoms with van der Waals surface area (Å²) in [6.07, 6.45) is -0.927. The van der Waals surface area contributed by atoms with Gasteiger partial charge in [-0.15, -0.1) is 0 Å². The van der Waals surface area contributed by atoms with Gasteiger partial charge in [-0.3, -0.25) is 9.36 Å². The van der Waals surface area contributed by atoms with E-state index in [9.17, 15) is 18.3 Å². The van der Waals surface area contributed by atoms with E-state index in [0.29, 0.717) is 22.6 Å². The molecule has 0 bridgehead atoms. The number of nitrogens with zero attached hydrogens (tertiary/aromatic N) is 2. The lowest BCUT2D eigenvalue weighted by Gasteiger charge is -2.15. The average molecular weight is 340 g/mol. The van der Waals surface area contributed by atoms with Gasteiger partial charge >= 0.3 is 0 Å². The molecule has 0 saturated carbocycles. The average Bonchev–Trinajstić information content (AvgIpc) is 2.72. The van der Waals surface area contributed by atoms with Crippen molar-refractivity contribution in [1.29, 1.82) is 0 Å². The Kier molecular flexibility index (Phi) is 4.00. The molecule has 1 fully saturated rings. The molecular formula is C14H16N2O4S2. The molecule has 2 heterocycles. The Bertz CT molecular complexity index is 876. The number of para-hydroxylation sites is 1. The van der Waals surface area contributed by atoms with Crippen molar-refractivity contribution in [1.82, 2.24) is 9.55 Å². The smallest absolute Gasteiger partial charge is 0.262 e. The number of aromatic nitrogens is 2. The Hall–Kier alpha value is -1.38. The molecule has 2 aromatic rings. The summed E-state index contributed by atoms with van der Waals surface area (Å²) in [6, 6.07) is 7.06. The van der Waals surface area contributed by atoms with E-state index in [1.807, 2.05) is 6.92 Å². The summed E-state index contributed by atoms with van der Waals surface area (Å²) in [7, 11) is -3.22. The zero-order valence-electron chi connectivity index (χ0n) is 12.0. The Morgan fingerprint density at radius 2 is 2.09 bits per heavy atom. The maximum absolute atomic E-state index is 12.5. The van der Waals surface area contributed by atoms with E-state index in [1.54, 1.807) is 24.3 Å². The van der Waals surface area contributed by atoms with Crippen LogP contribution in [0.4, 0.5) is 0 Å². The highest BCUT2D eigenvalue weighted by Crippen LogP contribution is 2.30. The van der Waals surface area contributed by atoms with Gasteiger partial charge in [0.1, 0.15) is 0 Å². The minimum absolute atomic E-state index is 0.0920. The summed E-state index contributed by atoms with van der Waals surface area (Å²) in [5, 5.41) is 10.4. The van der Waals surface area contributed by atoms with Crippen molar-refractivity contribution in [3.05, 3.63) is 34.6 Å². The normalized spacial score (nSPS) is 23.9. The minimum Gasteiger partial charge on any atom is -0.391 e. The molecule has 22 heavy (non-hydrogen) atoms. The first kappa shape index (κ1) is 15.5. The van der Waals surface area contributed by atoms with Crippen molar-refractivity contribution >= 4 is 32.5 Å². The van der Waals surface area contributed by atoms with Crippen LogP contribution in [-0.4, -0.2) is 45.9 Å². The topological polar surface area (TPSA) is 89.3 Å². The molecule has 0 aliphatic carbocycles. The fourth-order valence-corrected chi connectivity index (χ4v) is 6.20. The molecule has 3 rings (SSSR count). The first-order chi connectivity index (χ1) is 10.4. The molecule has 8 heteroatoms. The molecule has 0 unspecified atom stereocenters. The van der Waals surface area contributed by atoms with Crippen molar-refractivity contribution in [2.45, 2.75) is 30.0 Å². The lowest BCUT2D eigenvalue weighted by atomic mass is 10.2. The van der Waals surface area contributed by atoms with E-state index in [2.05, 4.69) is 4.98 Å². The second kappa shape index (κ2) is 5.68. The van der Waals surface area contributed by atoms with Crippen LogP contribution in [0.5, 0.6) is 0 Å². The molecule has 2 atom stereocenters. The largest absolute Gasteiger partial charge is 0.391 e. The maximum atomic E-state index is 12.5. The van der Waals surface area contributed by atoms with Crippen LogP contribution >= 0.6 is 11.8 Å². The Balaban J connectivity index is 2.05. The molecule has 6 nitrogen and oxygen atoms in total. The molecule has 1 N–H and O–H groups in total. The lowest BCUT2D eigenvalue weighted by Crippen LogP contribution is -2.26. The van der Waals surface area contributed by atoms with Crippen LogP contribution in [-0.2, 0) is 16.4 Å². The lowest BCUT2D eigenvalue weighted by molar-refractivity contribution is 0.207. The van der Waals surface area contributed by atoms with Crippen molar-refractivity contribution in [3.8, 4) is 0 Å². The SMILES string of the molecule is CCn1c(S[C@H]2CS(=O)(=O)C[C@H]2O)nc2ccccc2c1=O. The molecule has 1 aliphatic rings. The van der Waals surface area contributed by atoms with Crippen LogP contribution in [0.2, 0.25) is 0 Å². The fraction of sp³-hybridized carbons (Fsp3) is 0.429. The number of thioether (sulfide) groups is 1. The van der Waals surface area contributed by atoms with Crippen LogP contribution in [0.1, 0.15) is 6.92 Å². The molecule has 0 amide bonds. The van der Waals surface area contributed by atoms with E-state index in [4.69, 9.17) is 0 Å². The number of rotatable bonds is 3. The molecule has 1 aromatic carbocycles. The van der Waals surface area contributed by atoms with E-state index in [0.717, 1.165) is 11.8 Å². The van der Waals surface area contributed by atoms with Crippen LogP contribution in [0.15, 0.2) is 34.2 Å². The van der Waals surface area contributed by atoms with Gasteiger partial charge in [0, 0.05) is 6.54 Å². The molecule has 118 valence electrons. The second-order valence-electron chi connectivity index (χ2n) is 5.26. The first-order valence-electron chi connectivity index (χ1n) is 6.96. The van der Waals surface area contributed by atoms with Gasteiger partial charge in [-0.25, -0.2) is 13.4 Å². The predicted molar refractivity (Wildman–Crippen MR) is 86.0 cm³/mol. The number of hydrogen-bond acceptors (Lipinski definition) is 6. The van der Waals surface area contributed by atoms with Crippen LogP contribution in [0.25, 0.3) is 10.9 Å². The minimum atomic E-state index is -3.22. The van der Waals surface area contributed by atoms with Gasteiger partial charge in [0.2, 0.25) is 0 Å². The summed E-state index contributed by atoms with van der Waals surface area (Å²) in [6.45, 7) is 2.28. The van der Waals surface area contributed by atoms with Crippen molar-refractivity contribution < 1.29 is 13.5 Å². The van der Waals surface area contributed by atoms with E-state index < -0.39 is 21.2 Å². The van der Waals surface area contributed by atoms with Gasteiger partial charge in [-0.2, -0.15) is 0 Å². The fourth-order valence-electron chi connectivity index (χ4n) is 2.56. The Labute approximate surface area is 132 Å². The van der Waals surface area contributed by atoms with Crippen LogP contribution in [0.3, 0.4) is 0 Å². The quantitative estimate of drug-likeness (QED) is 0.826. The number of aliphatic hydroxyl groups excluding tert-OH is 1. The summed E-state index contributed by atoms with van der Waals surface area (Å²) >= 11 is 1.16. The number of aliphatic hydroxyl groups is 1. The monoisotopic (exact) mass is 340 g/mol. The van der Waals surface area contributed by atoms with Gasteiger partial charge in [0.15, 0.2) is 15.0 Å². The third-order valence-corrected chi connectivity index (χ3v) is 6.91. The first-order valence-corrected chi connectivity index (χ1v) is 9.66. The zero-order valence-corrected chi connectivity index (χ0v) is 13.6. The Morgan fingerprint density at radius 1 is 1.36 bits per heavy atom. The van der Waals surface area contributed by atoms with Crippen molar-refractivity contribution in [3.63, 3.8) is 0 Å². The number of benzene rings is 1. The Morgan fingerprint density at radius 3 is 2.73 bits per heavy atom. The summed E-state index contributed by atoms with van der Waals surface area (Å²) in [4.78, 5) is 17.0. The third kappa shape index (κ3) is 2.78. The maximum Gasteiger partial charge on any atom is 0.262 e. The summed E-state index contributed by atoms with van der Waals surface area (Å²) in [5.74, 6) is -0.320. The van der Waals surface area contributed by atoms with Crippen molar-refractivity contribution in [2.24, 2.45) is 0 Å². The predicted octanol–water partition coefficient (Wildman–Crippen LogP) is 0.666. The van der Waals surface area contributed by atoms with Gasteiger partial charge in [-0.05, 0) is 19.1 Å². The third-order valence-electron chi connectivity index (χ3n) is 3.67. The molecule has 1 saturated heterocycles. The van der Waals surface area contributed by atoms with Crippen molar-refractivity contribution in [2.75, 3.05) is 11.5 Å². The molecule has 1 aromatic heterocycles. The van der Waals surface area contributed by atoms with E-state index in [1.165, 1.54) is 4.57 Å². The number of sulfone groups is 1. The summed E-state index contributed by atoms with van der Waals surface area (Å²) in [5.41, 5.74) is 0.431. The van der Waals surface area contributed by atoms with Crippen LogP contribution in [0, 0.1) is 0 Å². The standard InChI is InChI=1S/C14H16N2O4S2/c1-2-16-13(18)9-5-3-4-6-10(9)15-14(16)21-12-8-22(19,20)7-11(12)17/h3-6,11-12,17H,2,7-8H2,1H3/t11-,12+/m1/s1. The van der Waals surface area contributed by atoms with Gasteiger partial charge in [0.05, 0.1) is 33.8 Å². The zero-order chi connectivity index (χ0) is 15.9. The van der Waals surface area contributed by atoms with Gasteiger partial charge < -0.3 is 5.11 Å². The highest BCUT2D eigenvalue weighted by molar-refractivity contribution is 8.01. The number of fused-ring (bicyclic) bond motifs is 1. The number of hydrogen-bond donors (Lipinski definition) is 1. The molecular weight excluding hydrogens is 324 g/mol. The second-order valence-corrected chi connectivity index (χ2v) is 8.62. The van der Waals surface area contributed by atoms with E-state index in [-0.39, 0.29) is 17.1 Å². The summed E-state index contributed by atoms with van der Waals surface area (Å²) < 4.78 is 24.7. The highest BCUT2D eigenvalue weighted by Gasteiger charge is 2.37. The highest BCUT2D eigenvalue weighted by atomic mass is 32.2. The molecule has 0 spiro atoms. The molecule has 0 radical (unpaired) electrons.